The Kier molecular flexibility index (Phi) is 21.6. The molecule has 0 radical (unpaired) electrons. The Balaban J connectivity index is 0. The van der Waals surface area contributed by atoms with Crippen LogP contribution in [0, 0.1) is 0 Å². The first-order chi connectivity index (χ1) is 6.83. The van der Waals surface area contributed by atoms with Crippen molar-refractivity contribution in [3.63, 3.8) is 0 Å². The van der Waals surface area contributed by atoms with Gasteiger partial charge in [0.05, 0.1) is 13.2 Å². The molecule has 0 aliphatic heterocycles. The van der Waals surface area contributed by atoms with Crippen molar-refractivity contribution in [2.45, 2.75) is 20.3 Å². The highest BCUT2D eigenvalue weighted by molar-refractivity contribution is 4.33. The zero-order valence-corrected chi connectivity index (χ0v) is 9.71. The van der Waals surface area contributed by atoms with E-state index in [1.54, 1.807) is 0 Å². The Bertz CT molecular complexity index is 71.8. The molecule has 0 aliphatic carbocycles. The number of nitrogens with one attached hydrogen (secondary N) is 1. The topological polar surface area (TPSA) is 50.7 Å². The van der Waals surface area contributed by atoms with Gasteiger partial charge in [0.15, 0.2) is 0 Å². The average molecular weight is 207 g/mol. The van der Waals surface area contributed by atoms with Gasteiger partial charge in [-0.05, 0) is 26.9 Å². The Morgan fingerprint density at radius 2 is 1.64 bits per heavy atom. The Morgan fingerprint density at radius 1 is 1.07 bits per heavy atom. The maximum atomic E-state index is 8.31. The van der Waals surface area contributed by atoms with E-state index in [9.17, 15) is 0 Å². The molecule has 0 saturated heterocycles. The van der Waals surface area contributed by atoms with E-state index in [1.165, 1.54) is 0 Å². The molecule has 0 aromatic heterocycles. The van der Waals surface area contributed by atoms with E-state index in [1.807, 2.05) is 14.0 Å². The van der Waals surface area contributed by atoms with E-state index >= 15 is 0 Å². The summed E-state index contributed by atoms with van der Waals surface area (Å²) in [6.45, 7) is 7.85. The molecule has 0 aromatic carbocycles. The lowest BCUT2D eigenvalue weighted by Crippen LogP contribution is -2.03. The molecule has 2 N–H and O–H groups in total. The van der Waals surface area contributed by atoms with Crippen LogP contribution in [0.25, 0.3) is 0 Å². The van der Waals surface area contributed by atoms with Crippen molar-refractivity contribution in [3.8, 4) is 0 Å². The van der Waals surface area contributed by atoms with Gasteiger partial charge in [-0.3, -0.25) is 0 Å². The average Bonchev–Trinajstić information content (AvgIpc) is 2.24. The van der Waals surface area contributed by atoms with Gasteiger partial charge in [-0.25, -0.2) is 0 Å². The van der Waals surface area contributed by atoms with Crippen LogP contribution in [-0.2, 0) is 9.47 Å². The van der Waals surface area contributed by atoms with Crippen LogP contribution in [0.5, 0.6) is 0 Å². The van der Waals surface area contributed by atoms with Crippen LogP contribution in [-0.4, -0.2) is 51.7 Å². The SMILES string of the molecule is CCNC.CCOCCCOCCO. The first kappa shape index (κ1) is 16.3. The standard InChI is InChI=1S/C7H16O3.C3H9N/c1-2-9-5-3-6-10-7-4-8;1-3-4-2/h8H,2-7H2,1H3;4H,3H2,1-2H3. The van der Waals surface area contributed by atoms with Crippen LogP contribution >= 0.6 is 0 Å². The molecule has 0 rings (SSSR count). The summed E-state index contributed by atoms with van der Waals surface area (Å²) in [7, 11) is 1.93. The summed E-state index contributed by atoms with van der Waals surface area (Å²) < 4.78 is 10.1. The highest BCUT2D eigenvalue weighted by Crippen LogP contribution is 1.83. The fraction of sp³-hybridized carbons (Fsp3) is 1.00. The van der Waals surface area contributed by atoms with Crippen LogP contribution < -0.4 is 5.32 Å². The van der Waals surface area contributed by atoms with Crippen molar-refractivity contribution in [1.82, 2.24) is 5.32 Å². The van der Waals surface area contributed by atoms with Gasteiger partial charge in [0, 0.05) is 19.8 Å². The summed E-state index contributed by atoms with van der Waals surface area (Å²) >= 11 is 0. The summed E-state index contributed by atoms with van der Waals surface area (Å²) in [5, 5.41) is 11.2. The Morgan fingerprint density at radius 3 is 2.07 bits per heavy atom. The fourth-order valence-electron chi connectivity index (χ4n) is 0.574. The second-order valence-corrected chi connectivity index (χ2v) is 2.59. The minimum atomic E-state index is 0.106. The molecule has 0 bridgehead atoms. The summed E-state index contributed by atoms with van der Waals surface area (Å²) in [6.07, 6.45) is 0.911. The summed E-state index contributed by atoms with van der Waals surface area (Å²) in [5.74, 6) is 0. The highest BCUT2D eigenvalue weighted by Gasteiger charge is 1.86. The molecule has 0 aliphatic rings. The third-order valence-electron chi connectivity index (χ3n) is 1.37. The molecule has 0 atom stereocenters. The first-order valence-corrected chi connectivity index (χ1v) is 5.24. The maximum absolute atomic E-state index is 8.31. The fourth-order valence-corrected chi connectivity index (χ4v) is 0.574. The maximum Gasteiger partial charge on any atom is 0.0697 e. The summed E-state index contributed by atoms with van der Waals surface area (Å²) in [4.78, 5) is 0. The lowest BCUT2D eigenvalue weighted by atomic mass is 10.5. The van der Waals surface area contributed by atoms with Gasteiger partial charge in [0.2, 0.25) is 0 Å². The number of ether oxygens (including phenoxy) is 2. The van der Waals surface area contributed by atoms with E-state index < -0.39 is 0 Å². The molecular weight excluding hydrogens is 182 g/mol. The molecule has 0 heterocycles. The van der Waals surface area contributed by atoms with E-state index in [-0.39, 0.29) is 6.61 Å². The van der Waals surface area contributed by atoms with Crippen molar-refractivity contribution in [1.29, 1.82) is 0 Å². The van der Waals surface area contributed by atoms with Gasteiger partial charge in [-0.15, -0.1) is 0 Å². The van der Waals surface area contributed by atoms with E-state index in [0.29, 0.717) is 13.2 Å². The summed E-state index contributed by atoms with van der Waals surface area (Å²) in [5.41, 5.74) is 0. The number of hydrogen-bond acceptors (Lipinski definition) is 4. The van der Waals surface area contributed by atoms with E-state index in [0.717, 1.165) is 26.2 Å². The summed E-state index contributed by atoms with van der Waals surface area (Å²) in [6, 6.07) is 0. The number of rotatable bonds is 8. The van der Waals surface area contributed by atoms with Crippen LogP contribution in [0.3, 0.4) is 0 Å². The van der Waals surface area contributed by atoms with Crippen molar-refractivity contribution < 1.29 is 14.6 Å². The zero-order chi connectivity index (χ0) is 11.1. The van der Waals surface area contributed by atoms with Gasteiger partial charge in [-0.2, -0.15) is 0 Å². The van der Waals surface area contributed by atoms with Crippen LogP contribution in [0.1, 0.15) is 20.3 Å². The quantitative estimate of drug-likeness (QED) is 0.574. The lowest BCUT2D eigenvalue weighted by molar-refractivity contribution is 0.0668. The molecule has 4 heteroatoms. The molecule has 88 valence electrons. The minimum absolute atomic E-state index is 0.106. The van der Waals surface area contributed by atoms with Gasteiger partial charge in [-0.1, -0.05) is 6.92 Å². The monoisotopic (exact) mass is 207 g/mol. The largest absolute Gasteiger partial charge is 0.394 e. The predicted molar refractivity (Wildman–Crippen MR) is 58.6 cm³/mol. The number of aliphatic hydroxyl groups excluding tert-OH is 1. The molecule has 0 saturated carbocycles. The second-order valence-electron chi connectivity index (χ2n) is 2.59. The van der Waals surface area contributed by atoms with E-state index in [4.69, 9.17) is 14.6 Å². The van der Waals surface area contributed by atoms with Crippen molar-refractivity contribution >= 4 is 0 Å². The molecular formula is C10H25NO3. The predicted octanol–water partition coefficient (Wildman–Crippen LogP) is 0.648. The Labute approximate surface area is 87.6 Å². The molecule has 14 heavy (non-hydrogen) atoms. The second kappa shape index (κ2) is 18.6. The highest BCUT2D eigenvalue weighted by atomic mass is 16.5. The lowest BCUT2D eigenvalue weighted by Gasteiger charge is -2.01. The van der Waals surface area contributed by atoms with Gasteiger partial charge in [0.25, 0.3) is 0 Å². The zero-order valence-electron chi connectivity index (χ0n) is 9.71. The third kappa shape index (κ3) is 22.6. The number of aliphatic hydroxyl groups is 1. The van der Waals surface area contributed by atoms with E-state index in [2.05, 4.69) is 12.2 Å². The molecule has 4 nitrogen and oxygen atoms in total. The first-order valence-electron chi connectivity index (χ1n) is 5.24. The van der Waals surface area contributed by atoms with Crippen LogP contribution in [0.15, 0.2) is 0 Å². The molecule has 0 aromatic rings. The smallest absolute Gasteiger partial charge is 0.0697 e. The van der Waals surface area contributed by atoms with Crippen LogP contribution in [0.2, 0.25) is 0 Å². The Hall–Kier alpha value is -0.160. The normalized spacial score (nSPS) is 9.43. The van der Waals surface area contributed by atoms with Crippen molar-refractivity contribution in [2.75, 3.05) is 46.6 Å². The van der Waals surface area contributed by atoms with Gasteiger partial charge >= 0.3 is 0 Å². The van der Waals surface area contributed by atoms with Crippen LogP contribution in [0.4, 0.5) is 0 Å². The molecule has 0 fully saturated rings. The van der Waals surface area contributed by atoms with Gasteiger partial charge < -0.3 is 19.9 Å². The third-order valence-corrected chi connectivity index (χ3v) is 1.37. The molecule has 0 amide bonds. The number of hydrogen-bond donors (Lipinski definition) is 2. The van der Waals surface area contributed by atoms with Crippen molar-refractivity contribution in [3.05, 3.63) is 0 Å². The molecule has 0 spiro atoms. The van der Waals surface area contributed by atoms with Gasteiger partial charge in [0.1, 0.15) is 0 Å². The molecule has 0 unspecified atom stereocenters. The minimum Gasteiger partial charge on any atom is -0.394 e. The van der Waals surface area contributed by atoms with Crippen molar-refractivity contribution in [2.24, 2.45) is 0 Å².